The van der Waals surface area contributed by atoms with E-state index in [1.165, 1.54) is 16.5 Å². The van der Waals surface area contributed by atoms with E-state index in [0.717, 1.165) is 0 Å². The van der Waals surface area contributed by atoms with E-state index in [4.69, 9.17) is 4.74 Å². The van der Waals surface area contributed by atoms with Crippen LogP contribution in [-0.4, -0.2) is 55.1 Å². The van der Waals surface area contributed by atoms with Crippen molar-refractivity contribution in [3.8, 4) is 0 Å². The number of hydrogen-bond donors (Lipinski definition) is 1. The van der Waals surface area contributed by atoms with Crippen LogP contribution in [0.5, 0.6) is 0 Å². The number of carbonyl (C=O) groups is 1. The van der Waals surface area contributed by atoms with E-state index in [9.17, 15) is 35.9 Å². The molecule has 3 heterocycles. The molecule has 2 saturated heterocycles. The first-order valence-electron chi connectivity index (χ1n) is 10.7. The molecule has 2 fully saturated rings. The maximum absolute atomic E-state index is 13.7. The van der Waals surface area contributed by atoms with E-state index in [2.05, 4.69) is 5.10 Å². The van der Waals surface area contributed by atoms with Gasteiger partial charge in [0.1, 0.15) is 22.6 Å². The summed E-state index contributed by atoms with van der Waals surface area (Å²) in [6.07, 6.45) is -3.48. The van der Waals surface area contributed by atoms with Crippen molar-refractivity contribution in [2.75, 3.05) is 24.7 Å². The standard InChI is InChI=1S/C21H23F4N3O5S/c1-12-18(34(31,32)17-5-4-13(22)11-15(17)21(23,24)25)19(27-8-2-3-16(27)20(29)30)28(26-12)14-6-9-33-10-7-14/h4-5,11,14,16H,2-3,6-10H2,1H3,(H,29,30). The molecule has 13 heteroatoms. The number of nitrogens with zero attached hydrogens (tertiary/aromatic N) is 3. The van der Waals surface area contributed by atoms with Crippen LogP contribution in [0.15, 0.2) is 28.0 Å². The zero-order valence-corrected chi connectivity index (χ0v) is 19.0. The third-order valence-electron chi connectivity index (χ3n) is 6.16. The summed E-state index contributed by atoms with van der Waals surface area (Å²) in [7, 11) is -4.87. The number of carboxylic acids is 1. The largest absolute Gasteiger partial charge is 0.480 e. The van der Waals surface area contributed by atoms with Crippen molar-refractivity contribution in [1.29, 1.82) is 0 Å². The van der Waals surface area contributed by atoms with E-state index in [1.54, 1.807) is 0 Å². The van der Waals surface area contributed by atoms with Gasteiger partial charge >= 0.3 is 12.1 Å². The molecular weight excluding hydrogens is 482 g/mol. The monoisotopic (exact) mass is 505 g/mol. The molecule has 0 saturated carbocycles. The Bertz CT molecular complexity index is 1210. The highest BCUT2D eigenvalue weighted by Gasteiger charge is 2.43. The van der Waals surface area contributed by atoms with Gasteiger partial charge in [-0.1, -0.05) is 0 Å². The van der Waals surface area contributed by atoms with Crippen LogP contribution in [0.4, 0.5) is 23.4 Å². The lowest BCUT2D eigenvalue weighted by Gasteiger charge is -2.30. The number of aromatic nitrogens is 2. The summed E-state index contributed by atoms with van der Waals surface area (Å²) in [4.78, 5) is 11.7. The lowest BCUT2D eigenvalue weighted by atomic mass is 10.1. The number of rotatable bonds is 5. The van der Waals surface area contributed by atoms with Crippen molar-refractivity contribution in [2.45, 2.75) is 60.7 Å². The number of hydrogen-bond acceptors (Lipinski definition) is 6. The van der Waals surface area contributed by atoms with Crippen LogP contribution in [0.1, 0.15) is 43.0 Å². The molecule has 1 aromatic heterocycles. The second kappa shape index (κ2) is 8.84. The Morgan fingerprint density at radius 1 is 1.21 bits per heavy atom. The van der Waals surface area contributed by atoms with Crippen molar-refractivity contribution in [2.24, 2.45) is 0 Å². The zero-order chi connectivity index (χ0) is 24.8. The average molecular weight is 505 g/mol. The van der Waals surface area contributed by atoms with Gasteiger partial charge in [-0.2, -0.15) is 18.3 Å². The third-order valence-corrected chi connectivity index (χ3v) is 8.11. The Hall–Kier alpha value is -2.67. The summed E-state index contributed by atoms with van der Waals surface area (Å²) in [5, 5.41) is 14.1. The predicted molar refractivity (Wildman–Crippen MR) is 111 cm³/mol. The summed E-state index contributed by atoms with van der Waals surface area (Å²) in [6, 6.07) is -0.00618. The fraction of sp³-hybridized carbons (Fsp3) is 0.524. The van der Waals surface area contributed by atoms with Crippen LogP contribution in [0.3, 0.4) is 0 Å². The minimum atomic E-state index is -5.13. The number of aryl methyl sites for hydroxylation is 1. The van der Waals surface area contributed by atoms with Gasteiger partial charge in [-0.05, 0) is 50.8 Å². The van der Waals surface area contributed by atoms with Gasteiger partial charge in [0.2, 0.25) is 9.84 Å². The van der Waals surface area contributed by atoms with Crippen molar-refractivity contribution in [1.82, 2.24) is 9.78 Å². The quantitative estimate of drug-likeness (QED) is 0.490. The Balaban J connectivity index is 1.97. The average Bonchev–Trinajstić information content (AvgIpc) is 3.38. The Kier molecular flexibility index (Phi) is 6.36. The summed E-state index contributed by atoms with van der Waals surface area (Å²) in [5.74, 6) is -2.45. The van der Waals surface area contributed by atoms with Crippen LogP contribution >= 0.6 is 0 Å². The minimum absolute atomic E-state index is 0.0493. The van der Waals surface area contributed by atoms with Gasteiger partial charge in [-0.25, -0.2) is 22.3 Å². The van der Waals surface area contributed by atoms with Crippen molar-refractivity contribution in [3.05, 3.63) is 35.3 Å². The van der Waals surface area contributed by atoms with Gasteiger partial charge in [0.15, 0.2) is 0 Å². The molecule has 2 aliphatic heterocycles. The van der Waals surface area contributed by atoms with E-state index in [0.29, 0.717) is 44.6 Å². The SMILES string of the molecule is Cc1nn(C2CCOCC2)c(N2CCCC2C(=O)O)c1S(=O)(=O)c1ccc(F)cc1C(F)(F)F. The molecule has 2 aromatic rings. The van der Waals surface area contributed by atoms with Crippen LogP contribution in [0.25, 0.3) is 0 Å². The summed E-state index contributed by atoms with van der Waals surface area (Å²) in [6.45, 7) is 2.31. The molecule has 0 spiro atoms. The highest BCUT2D eigenvalue weighted by Crippen LogP contribution is 2.43. The van der Waals surface area contributed by atoms with Crippen molar-refractivity contribution < 1.29 is 40.6 Å². The Morgan fingerprint density at radius 3 is 2.50 bits per heavy atom. The fourth-order valence-corrected chi connectivity index (χ4v) is 6.44. The highest BCUT2D eigenvalue weighted by atomic mass is 32.2. The van der Waals surface area contributed by atoms with Crippen LogP contribution < -0.4 is 4.90 Å². The molecule has 186 valence electrons. The van der Waals surface area contributed by atoms with Crippen LogP contribution in [0.2, 0.25) is 0 Å². The minimum Gasteiger partial charge on any atom is -0.480 e. The first kappa shape index (κ1) is 24.5. The van der Waals surface area contributed by atoms with Gasteiger partial charge in [0, 0.05) is 19.8 Å². The third kappa shape index (κ3) is 4.26. The lowest BCUT2D eigenvalue weighted by Crippen LogP contribution is -2.39. The van der Waals surface area contributed by atoms with Crippen LogP contribution in [0, 0.1) is 12.7 Å². The first-order chi connectivity index (χ1) is 15.9. The van der Waals surface area contributed by atoms with Crippen molar-refractivity contribution >= 4 is 21.6 Å². The Labute approximate surface area is 193 Å². The number of aliphatic carboxylic acids is 1. The fourth-order valence-electron chi connectivity index (χ4n) is 4.63. The van der Waals surface area contributed by atoms with E-state index >= 15 is 0 Å². The number of benzene rings is 1. The second-order valence-corrected chi connectivity index (χ2v) is 10.2. The highest BCUT2D eigenvalue weighted by molar-refractivity contribution is 7.91. The maximum atomic E-state index is 13.7. The summed E-state index contributed by atoms with van der Waals surface area (Å²) in [5.41, 5.74) is -1.69. The van der Waals surface area contributed by atoms with Gasteiger partial charge in [-0.15, -0.1) is 0 Å². The second-order valence-electron chi connectivity index (χ2n) is 8.36. The smallest absolute Gasteiger partial charge is 0.417 e. The van der Waals surface area contributed by atoms with Gasteiger partial charge < -0.3 is 14.7 Å². The molecule has 1 aromatic carbocycles. The van der Waals surface area contributed by atoms with E-state index in [-0.39, 0.29) is 36.6 Å². The number of anilines is 1. The number of sulfone groups is 1. The zero-order valence-electron chi connectivity index (χ0n) is 18.2. The molecule has 0 amide bonds. The van der Waals surface area contributed by atoms with Gasteiger partial charge in [0.25, 0.3) is 0 Å². The molecule has 34 heavy (non-hydrogen) atoms. The molecule has 4 rings (SSSR count). The molecule has 8 nitrogen and oxygen atoms in total. The van der Waals surface area contributed by atoms with Crippen molar-refractivity contribution in [3.63, 3.8) is 0 Å². The molecule has 0 aliphatic carbocycles. The van der Waals surface area contributed by atoms with E-state index in [1.807, 2.05) is 0 Å². The number of ether oxygens (including phenoxy) is 1. The number of carboxylic acid groups (broad SMARTS) is 1. The molecule has 2 aliphatic rings. The number of alkyl halides is 3. The van der Waals surface area contributed by atoms with E-state index < -0.39 is 49.2 Å². The Morgan fingerprint density at radius 2 is 1.88 bits per heavy atom. The van der Waals surface area contributed by atoms with Crippen LogP contribution in [-0.2, 0) is 25.5 Å². The summed E-state index contributed by atoms with van der Waals surface area (Å²) < 4.78 is 88.9. The first-order valence-corrected chi connectivity index (χ1v) is 12.2. The molecular formula is C21H23F4N3O5S. The summed E-state index contributed by atoms with van der Waals surface area (Å²) >= 11 is 0. The molecule has 1 N–H and O–H groups in total. The maximum Gasteiger partial charge on any atom is 0.417 e. The molecule has 0 radical (unpaired) electrons. The molecule has 1 unspecified atom stereocenters. The topological polar surface area (TPSA) is 102 Å². The number of halogens is 4. The molecule has 1 atom stereocenters. The molecule has 0 bridgehead atoms. The normalized spacial score (nSPS) is 20.1. The predicted octanol–water partition coefficient (Wildman–Crippen LogP) is 3.59. The van der Waals surface area contributed by atoms with Gasteiger partial charge in [-0.3, -0.25) is 0 Å². The van der Waals surface area contributed by atoms with Gasteiger partial charge in [0.05, 0.1) is 22.2 Å². The lowest BCUT2D eigenvalue weighted by molar-refractivity contribution is -0.140.